The Hall–Kier alpha value is -0.280. The maximum Gasteiger partial charge on any atom is 0.0595 e. The second kappa shape index (κ2) is 6.25. The lowest BCUT2D eigenvalue weighted by atomic mass is 9.87. The summed E-state index contributed by atoms with van der Waals surface area (Å²) in [6.45, 7) is 6.23. The molecule has 1 heterocycles. The highest BCUT2D eigenvalue weighted by Gasteiger charge is 2.24. The molecule has 0 spiro atoms. The van der Waals surface area contributed by atoms with E-state index in [0.29, 0.717) is 16.0 Å². The first-order valence-corrected chi connectivity index (χ1v) is 7.22. The van der Waals surface area contributed by atoms with Crippen molar-refractivity contribution in [1.82, 2.24) is 4.90 Å². The summed E-state index contributed by atoms with van der Waals surface area (Å²) in [5, 5.41) is 1.25. The van der Waals surface area contributed by atoms with E-state index in [0.717, 1.165) is 32.1 Å². The molecule has 100 valence electrons. The SMILES string of the molecule is CC1CCN(Cc2ccc(Cl)c(Cl)c2)CC1CN. The molecule has 2 nitrogen and oxygen atoms in total. The van der Waals surface area contributed by atoms with E-state index in [2.05, 4.69) is 11.8 Å². The van der Waals surface area contributed by atoms with E-state index >= 15 is 0 Å². The van der Waals surface area contributed by atoms with Crippen molar-refractivity contribution in [2.24, 2.45) is 17.6 Å². The smallest absolute Gasteiger partial charge is 0.0595 e. The molecule has 4 heteroatoms. The minimum atomic E-state index is 0.613. The van der Waals surface area contributed by atoms with Gasteiger partial charge in [0.1, 0.15) is 0 Å². The monoisotopic (exact) mass is 286 g/mol. The van der Waals surface area contributed by atoms with Crippen molar-refractivity contribution in [3.05, 3.63) is 33.8 Å². The number of likely N-dealkylation sites (tertiary alicyclic amines) is 1. The fraction of sp³-hybridized carbons (Fsp3) is 0.571. The summed E-state index contributed by atoms with van der Waals surface area (Å²) in [6, 6.07) is 5.87. The van der Waals surface area contributed by atoms with Crippen LogP contribution in [0, 0.1) is 11.8 Å². The number of piperidine rings is 1. The largest absolute Gasteiger partial charge is 0.330 e. The van der Waals surface area contributed by atoms with Gasteiger partial charge in [0.15, 0.2) is 0 Å². The average molecular weight is 287 g/mol. The Bertz CT molecular complexity index is 409. The lowest BCUT2D eigenvalue weighted by molar-refractivity contribution is 0.126. The standard InChI is InChI=1S/C14H20Cl2N2/c1-10-4-5-18(9-12(10)7-17)8-11-2-3-13(15)14(16)6-11/h2-3,6,10,12H,4-5,7-9,17H2,1H3. The molecule has 1 aliphatic heterocycles. The van der Waals surface area contributed by atoms with Gasteiger partial charge in [0.25, 0.3) is 0 Å². The normalized spacial score (nSPS) is 25.3. The molecule has 1 aromatic carbocycles. The van der Waals surface area contributed by atoms with E-state index in [1.54, 1.807) is 0 Å². The zero-order valence-corrected chi connectivity index (χ0v) is 12.2. The molecule has 2 N–H and O–H groups in total. The quantitative estimate of drug-likeness (QED) is 0.923. The molecule has 2 atom stereocenters. The number of hydrogen-bond acceptors (Lipinski definition) is 2. The summed E-state index contributed by atoms with van der Waals surface area (Å²) in [5.74, 6) is 1.35. The molecule has 0 aromatic heterocycles. The van der Waals surface area contributed by atoms with Gasteiger partial charge in [0.05, 0.1) is 10.0 Å². The van der Waals surface area contributed by atoms with Gasteiger partial charge in [-0.3, -0.25) is 4.90 Å². The van der Waals surface area contributed by atoms with Gasteiger partial charge in [0.2, 0.25) is 0 Å². The summed E-state index contributed by atoms with van der Waals surface area (Å²) >= 11 is 12.0. The Labute approximate surface area is 119 Å². The number of hydrogen-bond donors (Lipinski definition) is 1. The average Bonchev–Trinajstić information content (AvgIpc) is 2.36. The maximum atomic E-state index is 6.04. The molecule has 2 unspecified atom stereocenters. The molecular formula is C14H20Cl2N2. The Balaban J connectivity index is 1.99. The van der Waals surface area contributed by atoms with E-state index in [9.17, 15) is 0 Å². The van der Waals surface area contributed by atoms with Crippen LogP contribution in [0.3, 0.4) is 0 Å². The van der Waals surface area contributed by atoms with Crippen LogP contribution in [-0.2, 0) is 6.54 Å². The molecule has 0 aliphatic carbocycles. The number of nitrogens with zero attached hydrogens (tertiary/aromatic N) is 1. The van der Waals surface area contributed by atoms with Crippen molar-refractivity contribution >= 4 is 23.2 Å². The van der Waals surface area contributed by atoms with Gasteiger partial charge in [-0.1, -0.05) is 36.2 Å². The van der Waals surface area contributed by atoms with Gasteiger partial charge >= 0.3 is 0 Å². The van der Waals surface area contributed by atoms with Gasteiger partial charge < -0.3 is 5.73 Å². The van der Waals surface area contributed by atoms with Crippen molar-refractivity contribution in [2.75, 3.05) is 19.6 Å². The van der Waals surface area contributed by atoms with E-state index in [1.807, 2.05) is 18.2 Å². The van der Waals surface area contributed by atoms with E-state index in [-0.39, 0.29) is 0 Å². The van der Waals surface area contributed by atoms with Gasteiger partial charge in [-0.25, -0.2) is 0 Å². The number of benzene rings is 1. The van der Waals surface area contributed by atoms with Crippen LogP contribution >= 0.6 is 23.2 Å². The van der Waals surface area contributed by atoms with E-state index < -0.39 is 0 Å². The molecular weight excluding hydrogens is 267 g/mol. The maximum absolute atomic E-state index is 6.04. The lowest BCUT2D eigenvalue weighted by Crippen LogP contribution is -2.42. The van der Waals surface area contributed by atoms with Crippen LogP contribution < -0.4 is 5.73 Å². The number of nitrogens with two attached hydrogens (primary N) is 1. The van der Waals surface area contributed by atoms with E-state index in [1.165, 1.54) is 12.0 Å². The first-order valence-electron chi connectivity index (χ1n) is 6.46. The molecule has 0 saturated carbocycles. The Morgan fingerprint density at radius 1 is 1.33 bits per heavy atom. The van der Waals surface area contributed by atoms with Crippen LogP contribution in [0.2, 0.25) is 10.0 Å². The molecule has 0 radical (unpaired) electrons. The Morgan fingerprint density at radius 3 is 2.78 bits per heavy atom. The summed E-state index contributed by atoms with van der Waals surface area (Å²) < 4.78 is 0. The zero-order valence-electron chi connectivity index (χ0n) is 10.7. The van der Waals surface area contributed by atoms with Crippen molar-refractivity contribution in [3.63, 3.8) is 0 Å². The number of halogens is 2. The fourth-order valence-electron chi connectivity index (χ4n) is 2.57. The predicted octanol–water partition coefficient (Wildman–Crippen LogP) is 3.41. The van der Waals surface area contributed by atoms with Gasteiger partial charge in [-0.05, 0) is 49.0 Å². The Kier molecular flexibility index (Phi) is 4.91. The third kappa shape index (κ3) is 3.39. The van der Waals surface area contributed by atoms with Gasteiger partial charge in [0, 0.05) is 13.1 Å². The predicted molar refractivity (Wildman–Crippen MR) is 78.1 cm³/mol. The van der Waals surface area contributed by atoms with Crippen molar-refractivity contribution < 1.29 is 0 Å². The Morgan fingerprint density at radius 2 is 2.11 bits per heavy atom. The topological polar surface area (TPSA) is 29.3 Å². The summed E-state index contributed by atoms with van der Waals surface area (Å²) in [5.41, 5.74) is 7.05. The highest BCUT2D eigenvalue weighted by Crippen LogP contribution is 2.26. The van der Waals surface area contributed by atoms with Crippen LogP contribution in [0.1, 0.15) is 18.9 Å². The zero-order chi connectivity index (χ0) is 13.1. The molecule has 18 heavy (non-hydrogen) atoms. The van der Waals surface area contributed by atoms with Gasteiger partial charge in [-0.15, -0.1) is 0 Å². The minimum absolute atomic E-state index is 0.613. The van der Waals surface area contributed by atoms with Crippen LogP contribution in [0.25, 0.3) is 0 Å². The first kappa shape index (κ1) is 14.1. The van der Waals surface area contributed by atoms with Crippen molar-refractivity contribution in [1.29, 1.82) is 0 Å². The fourth-order valence-corrected chi connectivity index (χ4v) is 2.89. The van der Waals surface area contributed by atoms with Crippen LogP contribution in [0.15, 0.2) is 18.2 Å². The molecule has 0 bridgehead atoms. The summed E-state index contributed by atoms with van der Waals surface area (Å²) in [6.07, 6.45) is 1.23. The third-order valence-electron chi connectivity index (χ3n) is 3.89. The molecule has 1 fully saturated rings. The number of rotatable bonds is 3. The van der Waals surface area contributed by atoms with Gasteiger partial charge in [-0.2, -0.15) is 0 Å². The third-order valence-corrected chi connectivity index (χ3v) is 4.63. The first-order chi connectivity index (χ1) is 8.60. The highest BCUT2D eigenvalue weighted by atomic mass is 35.5. The second-order valence-corrected chi connectivity index (χ2v) is 6.06. The summed E-state index contributed by atoms with van der Waals surface area (Å²) in [7, 11) is 0. The van der Waals surface area contributed by atoms with Crippen molar-refractivity contribution in [2.45, 2.75) is 19.9 Å². The molecule has 1 saturated heterocycles. The van der Waals surface area contributed by atoms with Crippen LogP contribution in [-0.4, -0.2) is 24.5 Å². The van der Waals surface area contributed by atoms with Crippen molar-refractivity contribution in [3.8, 4) is 0 Å². The lowest BCUT2D eigenvalue weighted by Gasteiger charge is -2.36. The second-order valence-electron chi connectivity index (χ2n) is 5.25. The molecule has 0 amide bonds. The molecule has 2 rings (SSSR count). The molecule has 1 aromatic rings. The molecule has 1 aliphatic rings. The van der Waals surface area contributed by atoms with Crippen LogP contribution in [0.4, 0.5) is 0 Å². The van der Waals surface area contributed by atoms with E-state index in [4.69, 9.17) is 28.9 Å². The van der Waals surface area contributed by atoms with Crippen LogP contribution in [0.5, 0.6) is 0 Å². The summed E-state index contributed by atoms with van der Waals surface area (Å²) in [4.78, 5) is 2.46. The minimum Gasteiger partial charge on any atom is -0.330 e. The highest BCUT2D eigenvalue weighted by molar-refractivity contribution is 6.42.